The van der Waals surface area contributed by atoms with E-state index in [0.717, 1.165) is 12.2 Å². The summed E-state index contributed by atoms with van der Waals surface area (Å²) in [6.07, 6.45) is 3.30. The molecular formula is C13H15N3O4S. The van der Waals surface area contributed by atoms with E-state index in [-0.39, 0.29) is 17.5 Å². The lowest BCUT2D eigenvalue weighted by Gasteiger charge is -2.41. The molecule has 1 aliphatic heterocycles. The number of nitrogens with one attached hydrogen (secondary N) is 1. The van der Waals surface area contributed by atoms with Crippen molar-refractivity contribution in [1.82, 2.24) is 14.9 Å². The largest absolute Gasteiger partial charge is 0.481 e. The number of carboxylic acid groups (broad SMARTS) is 1. The van der Waals surface area contributed by atoms with Crippen molar-refractivity contribution in [2.24, 2.45) is 0 Å². The van der Waals surface area contributed by atoms with Crippen LogP contribution in [-0.2, 0) is 11.3 Å². The third-order valence-corrected chi connectivity index (χ3v) is 4.95. The minimum atomic E-state index is -0.949. The van der Waals surface area contributed by atoms with E-state index in [1.807, 2.05) is 0 Å². The Bertz CT molecular complexity index is 666. The van der Waals surface area contributed by atoms with Crippen LogP contribution in [0.2, 0.25) is 0 Å². The molecule has 0 bridgehead atoms. The summed E-state index contributed by atoms with van der Waals surface area (Å²) >= 11 is 1.48. The summed E-state index contributed by atoms with van der Waals surface area (Å²) < 4.78 is 1.49. The molecule has 112 valence electrons. The molecule has 0 radical (unpaired) electrons. The molecule has 1 saturated carbocycles. The van der Waals surface area contributed by atoms with E-state index in [1.54, 1.807) is 0 Å². The molecule has 8 heteroatoms. The fourth-order valence-electron chi connectivity index (χ4n) is 2.72. The number of fused-ring (bicyclic) bond motifs is 1. The van der Waals surface area contributed by atoms with Gasteiger partial charge in [0.25, 0.3) is 11.5 Å². The molecule has 1 aromatic heterocycles. The second-order valence-electron chi connectivity index (χ2n) is 5.42. The molecular weight excluding hydrogens is 294 g/mol. The Hall–Kier alpha value is -1.83. The van der Waals surface area contributed by atoms with Crippen LogP contribution in [0.5, 0.6) is 0 Å². The quantitative estimate of drug-likeness (QED) is 0.784. The molecule has 0 spiro atoms. The van der Waals surface area contributed by atoms with Gasteiger partial charge in [0.1, 0.15) is 5.56 Å². The molecule has 0 unspecified atom stereocenters. The van der Waals surface area contributed by atoms with Gasteiger partial charge in [-0.3, -0.25) is 19.0 Å². The molecule has 0 aromatic carbocycles. The zero-order chi connectivity index (χ0) is 15.0. The summed E-state index contributed by atoms with van der Waals surface area (Å²) in [7, 11) is 0. The first kappa shape index (κ1) is 14.1. The minimum Gasteiger partial charge on any atom is -0.481 e. The minimum absolute atomic E-state index is 0.0158. The maximum atomic E-state index is 12.3. The Morgan fingerprint density at radius 3 is 2.86 bits per heavy atom. The highest BCUT2D eigenvalue weighted by atomic mass is 32.2. The number of rotatable bonds is 4. The molecule has 2 heterocycles. The zero-order valence-corrected chi connectivity index (χ0v) is 12.1. The van der Waals surface area contributed by atoms with E-state index < -0.39 is 17.4 Å². The third-order valence-electron chi connectivity index (χ3n) is 3.98. The van der Waals surface area contributed by atoms with Gasteiger partial charge in [0, 0.05) is 18.5 Å². The van der Waals surface area contributed by atoms with E-state index in [9.17, 15) is 14.4 Å². The molecule has 21 heavy (non-hydrogen) atoms. The number of carbonyl (C=O) groups is 2. The number of aliphatic carboxylic acids is 1. The van der Waals surface area contributed by atoms with E-state index in [2.05, 4.69) is 10.3 Å². The molecule has 1 aliphatic carbocycles. The van der Waals surface area contributed by atoms with Crippen molar-refractivity contribution in [2.45, 2.75) is 42.9 Å². The number of hydrogen-bond acceptors (Lipinski definition) is 5. The fourth-order valence-corrected chi connectivity index (χ4v) is 3.63. The Morgan fingerprint density at radius 2 is 2.24 bits per heavy atom. The number of carbonyl (C=O) groups excluding carboxylic acids is 1. The molecule has 1 aromatic rings. The van der Waals surface area contributed by atoms with Crippen LogP contribution in [0, 0.1) is 0 Å². The van der Waals surface area contributed by atoms with Gasteiger partial charge >= 0.3 is 5.97 Å². The fraction of sp³-hybridized carbons (Fsp3) is 0.538. The number of amides is 1. The third kappa shape index (κ3) is 2.55. The molecule has 1 fully saturated rings. The van der Waals surface area contributed by atoms with Crippen molar-refractivity contribution in [1.29, 1.82) is 0 Å². The van der Waals surface area contributed by atoms with Crippen molar-refractivity contribution >= 4 is 23.6 Å². The van der Waals surface area contributed by atoms with Crippen molar-refractivity contribution in [3.63, 3.8) is 0 Å². The Kier molecular flexibility index (Phi) is 3.48. The zero-order valence-electron chi connectivity index (χ0n) is 11.3. The number of carboxylic acids is 1. The van der Waals surface area contributed by atoms with Crippen LogP contribution in [0.3, 0.4) is 0 Å². The molecule has 1 amide bonds. The van der Waals surface area contributed by atoms with E-state index in [1.165, 1.54) is 22.5 Å². The molecule has 0 saturated heterocycles. The van der Waals surface area contributed by atoms with Gasteiger partial charge < -0.3 is 10.4 Å². The SMILES string of the molecule is O=C(O)CC1(NC(=O)c2cnc3n(c2=O)CCS3)CCC1. The lowest BCUT2D eigenvalue weighted by molar-refractivity contribution is -0.139. The Morgan fingerprint density at radius 1 is 1.48 bits per heavy atom. The van der Waals surface area contributed by atoms with Gasteiger partial charge in [-0.25, -0.2) is 4.98 Å². The molecule has 2 aliphatic rings. The maximum absolute atomic E-state index is 12.3. The van der Waals surface area contributed by atoms with E-state index in [4.69, 9.17) is 5.11 Å². The van der Waals surface area contributed by atoms with Crippen LogP contribution >= 0.6 is 11.8 Å². The summed E-state index contributed by atoms with van der Waals surface area (Å²) in [4.78, 5) is 39.6. The highest BCUT2D eigenvalue weighted by molar-refractivity contribution is 7.99. The van der Waals surface area contributed by atoms with Crippen molar-refractivity contribution in [2.75, 3.05) is 5.75 Å². The van der Waals surface area contributed by atoms with Gasteiger partial charge in [-0.1, -0.05) is 11.8 Å². The normalized spacial score (nSPS) is 18.7. The van der Waals surface area contributed by atoms with Gasteiger partial charge in [0.2, 0.25) is 0 Å². The Labute approximate surface area is 124 Å². The van der Waals surface area contributed by atoms with Crippen LogP contribution in [0.15, 0.2) is 16.1 Å². The average molecular weight is 309 g/mol. The van der Waals surface area contributed by atoms with Crippen molar-refractivity contribution in [3.8, 4) is 0 Å². The highest BCUT2D eigenvalue weighted by Crippen LogP contribution is 2.35. The first-order chi connectivity index (χ1) is 10.0. The summed E-state index contributed by atoms with van der Waals surface area (Å²) in [6, 6.07) is 0. The first-order valence-electron chi connectivity index (χ1n) is 6.78. The van der Waals surface area contributed by atoms with Gasteiger partial charge in [-0.15, -0.1) is 0 Å². The van der Waals surface area contributed by atoms with Crippen LogP contribution < -0.4 is 10.9 Å². The van der Waals surface area contributed by atoms with Crippen LogP contribution in [0.1, 0.15) is 36.0 Å². The average Bonchev–Trinajstić information content (AvgIpc) is 2.85. The molecule has 3 rings (SSSR count). The summed E-state index contributed by atoms with van der Waals surface area (Å²) in [6.45, 7) is 0.549. The topological polar surface area (TPSA) is 101 Å². The highest BCUT2D eigenvalue weighted by Gasteiger charge is 2.41. The van der Waals surface area contributed by atoms with E-state index in [0.29, 0.717) is 24.5 Å². The number of hydrogen-bond donors (Lipinski definition) is 2. The van der Waals surface area contributed by atoms with Crippen LogP contribution in [0.25, 0.3) is 0 Å². The predicted molar refractivity (Wildman–Crippen MR) is 75.5 cm³/mol. The monoisotopic (exact) mass is 309 g/mol. The summed E-state index contributed by atoms with van der Waals surface area (Å²) in [5, 5.41) is 12.3. The maximum Gasteiger partial charge on any atom is 0.305 e. The summed E-state index contributed by atoms with van der Waals surface area (Å²) in [5.74, 6) is -0.702. The summed E-state index contributed by atoms with van der Waals surface area (Å²) in [5.41, 5.74) is -1.08. The second kappa shape index (κ2) is 5.18. The predicted octanol–water partition coefficient (Wildman–Crippen LogP) is 0.476. The number of nitrogens with zero attached hydrogens (tertiary/aromatic N) is 2. The van der Waals surface area contributed by atoms with Gasteiger partial charge in [-0.05, 0) is 19.3 Å². The molecule has 0 atom stereocenters. The van der Waals surface area contributed by atoms with Gasteiger partial charge in [0.05, 0.1) is 12.0 Å². The van der Waals surface area contributed by atoms with E-state index >= 15 is 0 Å². The Balaban J connectivity index is 1.83. The number of aromatic nitrogens is 2. The smallest absolute Gasteiger partial charge is 0.305 e. The van der Waals surface area contributed by atoms with Gasteiger partial charge in [-0.2, -0.15) is 0 Å². The lowest BCUT2D eigenvalue weighted by atomic mass is 9.74. The lowest BCUT2D eigenvalue weighted by Crippen LogP contribution is -2.55. The van der Waals surface area contributed by atoms with Crippen molar-refractivity contribution in [3.05, 3.63) is 22.1 Å². The molecule has 7 nitrogen and oxygen atoms in total. The van der Waals surface area contributed by atoms with Gasteiger partial charge in [0.15, 0.2) is 5.16 Å². The number of thioether (sulfide) groups is 1. The second-order valence-corrected chi connectivity index (χ2v) is 6.48. The van der Waals surface area contributed by atoms with Crippen LogP contribution in [-0.4, -0.2) is 37.8 Å². The first-order valence-corrected chi connectivity index (χ1v) is 7.76. The van der Waals surface area contributed by atoms with Crippen molar-refractivity contribution < 1.29 is 14.7 Å². The standard InChI is InChI=1S/C13H15N3O4S/c17-9(18)6-13(2-1-3-13)15-10(19)8-7-14-12-16(11(8)20)4-5-21-12/h7H,1-6H2,(H,15,19)(H,17,18). The molecule has 2 N–H and O–H groups in total. The van der Waals surface area contributed by atoms with Crippen LogP contribution in [0.4, 0.5) is 0 Å².